The lowest BCUT2D eigenvalue weighted by Crippen LogP contribution is -2.38. The average molecular weight is 346 g/mol. The van der Waals surface area contributed by atoms with Crippen LogP contribution in [0.4, 0.5) is 0 Å². The van der Waals surface area contributed by atoms with E-state index in [1.165, 1.54) is 0 Å². The van der Waals surface area contributed by atoms with Crippen LogP contribution in [-0.2, 0) is 11.2 Å². The van der Waals surface area contributed by atoms with Crippen molar-refractivity contribution in [3.8, 4) is 0 Å². The molecule has 25 heavy (non-hydrogen) atoms. The SMILES string of the molecule is CN=C(NCCCOCC(C)C)NCCCc1nnc2ccccn12. The van der Waals surface area contributed by atoms with Crippen LogP contribution in [0.25, 0.3) is 5.65 Å². The average Bonchev–Trinajstić information content (AvgIpc) is 3.02. The number of ether oxygens (including phenoxy) is 1. The number of aryl methyl sites for hydroxylation is 1. The molecule has 2 aromatic heterocycles. The molecule has 0 unspecified atom stereocenters. The summed E-state index contributed by atoms with van der Waals surface area (Å²) < 4.78 is 7.60. The van der Waals surface area contributed by atoms with Gasteiger partial charge in [0.25, 0.3) is 0 Å². The molecule has 0 atom stereocenters. The minimum Gasteiger partial charge on any atom is -0.381 e. The molecular formula is C18H30N6O. The van der Waals surface area contributed by atoms with Crippen molar-refractivity contribution in [1.82, 2.24) is 25.2 Å². The monoisotopic (exact) mass is 346 g/mol. The highest BCUT2D eigenvalue weighted by molar-refractivity contribution is 5.79. The van der Waals surface area contributed by atoms with Gasteiger partial charge >= 0.3 is 0 Å². The van der Waals surface area contributed by atoms with Crippen LogP contribution in [0.5, 0.6) is 0 Å². The van der Waals surface area contributed by atoms with E-state index >= 15 is 0 Å². The van der Waals surface area contributed by atoms with Gasteiger partial charge in [-0.3, -0.25) is 9.39 Å². The fourth-order valence-corrected chi connectivity index (χ4v) is 2.44. The molecule has 7 nitrogen and oxygen atoms in total. The number of pyridine rings is 1. The molecule has 0 saturated heterocycles. The molecule has 7 heteroatoms. The highest BCUT2D eigenvalue weighted by Crippen LogP contribution is 2.04. The molecule has 0 aliphatic carbocycles. The number of hydrogen-bond donors (Lipinski definition) is 2. The number of aliphatic imine (C=N–C) groups is 1. The third-order valence-electron chi connectivity index (χ3n) is 3.69. The molecular weight excluding hydrogens is 316 g/mol. The number of guanidine groups is 1. The number of nitrogens with one attached hydrogen (secondary N) is 2. The first kappa shape index (κ1) is 19.2. The summed E-state index contributed by atoms with van der Waals surface area (Å²) in [5, 5.41) is 15.1. The minimum atomic E-state index is 0.588. The second-order valence-corrected chi connectivity index (χ2v) is 6.40. The van der Waals surface area contributed by atoms with Crippen molar-refractivity contribution in [2.45, 2.75) is 33.1 Å². The van der Waals surface area contributed by atoms with Crippen molar-refractivity contribution in [2.75, 3.05) is 33.4 Å². The molecule has 0 aliphatic rings. The van der Waals surface area contributed by atoms with Crippen LogP contribution in [0.1, 0.15) is 32.5 Å². The summed E-state index contributed by atoms with van der Waals surface area (Å²) in [6.07, 6.45) is 4.81. The number of aromatic nitrogens is 3. The first-order valence-corrected chi connectivity index (χ1v) is 9.01. The van der Waals surface area contributed by atoms with E-state index in [-0.39, 0.29) is 0 Å². The Balaban J connectivity index is 1.59. The van der Waals surface area contributed by atoms with Gasteiger partial charge in [-0.1, -0.05) is 19.9 Å². The van der Waals surface area contributed by atoms with E-state index in [1.54, 1.807) is 7.05 Å². The highest BCUT2D eigenvalue weighted by Gasteiger charge is 2.04. The smallest absolute Gasteiger partial charge is 0.190 e. The Labute approximate surface area is 149 Å². The van der Waals surface area contributed by atoms with Gasteiger partial charge in [-0.2, -0.15) is 0 Å². The zero-order valence-corrected chi connectivity index (χ0v) is 15.5. The van der Waals surface area contributed by atoms with E-state index in [1.807, 2.05) is 28.8 Å². The summed E-state index contributed by atoms with van der Waals surface area (Å²) in [5.41, 5.74) is 0.891. The summed E-state index contributed by atoms with van der Waals surface area (Å²) in [5.74, 6) is 2.41. The summed E-state index contributed by atoms with van der Waals surface area (Å²) >= 11 is 0. The molecule has 0 aromatic carbocycles. The van der Waals surface area contributed by atoms with Crippen molar-refractivity contribution < 1.29 is 4.74 Å². The number of rotatable bonds is 10. The van der Waals surface area contributed by atoms with E-state index in [0.717, 1.165) is 63.0 Å². The number of nitrogens with zero attached hydrogens (tertiary/aromatic N) is 4. The Morgan fingerprint density at radius 2 is 2.00 bits per heavy atom. The number of fused-ring (bicyclic) bond motifs is 1. The van der Waals surface area contributed by atoms with Crippen molar-refractivity contribution in [1.29, 1.82) is 0 Å². The first-order valence-electron chi connectivity index (χ1n) is 9.01. The zero-order chi connectivity index (χ0) is 17.9. The molecule has 2 N–H and O–H groups in total. The lowest BCUT2D eigenvalue weighted by Gasteiger charge is -2.12. The molecule has 0 radical (unpaired) electrons. The maximum atomic E-state index is 5.57. The van der Waals surface area contributed by atoms with Gasteiger partial charge in [-0.15, -0.1) is 10.2 Å². The molecule has 0 aliphatic heterocycles. The van der Waals surface area contributed by atoms with Crippen molar-refractivity contribution in [2.24, 2.45) is 10.9 Å². The molecule has 138 valence electrons. The van der Waals surface area contributed by atoms with Gasteiger partial charge in [0.1, 0.15) is 5.82 Å². The maximum absolute atomic E-state index is 5.57. The van der Waals surface area contributed by atoms with Gasteiger partial charge in [0.05, 0.1) is 0 Å². The Morgan fingerprint density at radius 3 is 2.76 bits per heavy atom. The highest BCUT2D eigenvalue weighted by atomic mass is 16.5. The van der Waals surface area contributed by atoms with Crippen LogP contribution in [0.2, 0.25) is 0 Å². The van der Waals surface area contributed by atoms with Gasteiger partial charge in [-0.25, -0.2) is 0 Å². The summed E-state index contributed by atoms with van der Waals surface area (Å²) in [6.45, 7) is 7.61. The van der Waals surface area contributed by atoms with Crippen LogP contribution in [0.3, 0.4) is 0 Å². The van der Waals surface area contributed by atoms with Gasteiger partial charge < -0.3 is 15.4 Å². The quantitative estimate of drug-likeness (QED) is 0.390. The van der Waals surface area contributed by atoms with E-state index in [9.17, 15) is 0 Å². The van der Waals surface area contributed by atoms with Gasteiger partial charge in [-0.05, 0) is 30.9 Å². The Morgan fingerprint density at radius 1 is 1.20 bits per heavy atom. The second kappa shape index (κ2) is 10.7. The van der Waals surface area contributed by atoms with Crippen molar-refractivity contribution >= 4 is 11.6 Å². The fourth-order valence-electron chi connectivity index (χ4n) is 2.44. The van der Waals surface area contributed by atoms with Gasteiger partial charge in [0, 0.05) is 46.0 Å². The molecule has 2 heterocycles. The van der Waals surface area contributed by atoms with Crippen molar-refractivity contribution in [3.05, 3.63) is 30.2 Å². The van der Waals surface area contributed by atoms with Gasteiger partial charge in [0.15, 0.2) is 11.6 Å². The first-order chi connectivity index (χ1) is 12.2. The minimum absolute atomic E-state index is 0.588. The summed E-state index contributed by atoms with van der Waals surface area (Å²) in [6, 6.07) is 5.93. The third-order valence-corrected chi connectivity index (χ3v) is 3.69. The lowest BCUT2D eigenvalue weighted by molar-refractivity contribution is 0.108. The molecule has 0 fully saturated rings. The largest absolute Gasteiger partial charge is 0.381 e. The molecule has 2 rings (SSSR count). The predicted molar refractivity (Wildman–Crippen MR) is 101 cm³/mol. The Hall–Kier alpha value is -2.15. The Bertz CT molecular complexity index is 652. The number of hydrogen-bond acceptors (Lipinski definition) is 4. The van der Waals surface area contributed by atoms with Crippen LogP contribution >= 0.6 is 0 Å². The van der Waals surface area contributed by atoms with Crippen LogP contribution in [0.15, 0.2) is 29.4 Å². The second-order valence-electron chi connectivity index (χ2n) is 6.40. The van der Waals surface area contributed by atoms with Crippen LogP contribution in [-0.4, -0.2) is 53.9 Å². The van der Waals surface area contributed by atoms with E-state index in [4.69, 9.17) is 4.74 Å². The summed E-state index contributed by atoms with van der Waals surface area (Å²) in [7, 11) is 1.79. The molecule has 0 spiro atoms. The van der Waals surface area contributed by atoms with Crippen LogP contribution in [0, 0.1) is 5.92 Å². The topological polar surface area (TPSA) is 75.8 Å². The predicted octanol–water partition coefficient (Wildman–Crippen LogP) is 1.89. The Kier molecular flexibility index (Phi) is 8.18. The van der Waals surface area contributed by atoms with Crippen molar-refractivity contribution in [3.63, 3.8) is 0 Å². The molecule has 0 saturated carbocycles. The normalized spacial score (nSPS) is 12.1. The van der Waals surface area contributed by atoms with Crippen LogP contribution < -0.4 is 10.6 Å². The van der Waals surface area contributed by atoms with E-state index in [0.29, 0.717) is 5.92 Å². The van der Waals surface area contributed by atoms with E-state index in [2.05, 4.69) is 39.7 Å². The standard InChI is InChI=1S/C18H30N6O/c1-15(2)14-25-13-7-11-21-18(19-3)20-10-6-9-17-23-22-16-8-4-5-12-24(16)17/h4-5,8,12,15H,6-7,9-11,13-14H2,1-3H3,(H2,19,20,21). The zero-order valence-electron chi connectivity index (χ0n) is 15.5. The molecule has 0 amide bonds. The molecule has 2 aromatic rings. The third kappa shape index (κ3) is 6.70. The molecule has 0 bridgehead atoms. The lowest BCUT2D eigenvalue weighted by atomic mass is 10.2. The fraction of sp³-hybridized carbons (Fsp3) is 0.611. The van der Waals surface area contributed by atoms with Gasteiger partial charge in [0.2, 0.25) is 0 Å². The van der Waals surface area contributed by atoms with E-state index < -0.39 is 0 Å². The maximum Gasteiger partial charge on any atom is 0.190 e. The summed E-state index contributed by atoms with van der Waals surface area (Å²) in [4.78, 5) is 4.24.